The molecule has 8 heteroatoms. The summed E-state index contributed by atoms with van der Waals surface area (Å²) >= 11 is 0. The lowest BCUT2D eigenvalue weighted by atomic mass is 10.1. The van der Waals surface area contributed by atoms with E-state index < -0.39 is 0 Å². The van der Waals surface area contributed by atoms with Crippen LogP contribution in [0.3, 0.4) is 0 Å². The van der Waals surface area contributed by atoms with Crippen LogP contribution >= 0.6 is 0 Å². The first-order valence-electron chi connectivity index (χ1n) is 22.1. The second-order valence-electron chi connectivity index (χ2n) is 17.3. The van der Waals surface area contributed by atoms with Crippen molar-refractivity contribution in [2.45, 2.75) is 0 Å². The molecule has 8 nitrogen and oxygen atoms in total. The zero-order chi connectivity index (χ0) is 43.4. The molecule has 66 heavy (non-hydrogen) atoms. The average Bonchev–Trinajstić information content (AvgIpc) is 4.20. The number of benzene rings is 9. The summed E-state index contributed by atoms with van der Waals surface area (Å²) in [5, 5.41) is 12.8. The van der Waals surface area contributed by atoms with Gasteiger partial charge in [-0.2, -0.15) is 0 Å². The Hall–Kier alpha value is -9.14. The molecule has 0 atom stereocenters. The molecule has 310 valence electrons. The Morgan fingerprint density at radius 3 is 1.08 bits per heavy atom. The maximum absolute atomic E-state index is 7.87. The van der Waals surface area contributed by atoms with Gasteiger partial charge in [-0.3, -0.25) is 9.13 Å². The molecule has 9 aromatic carbocycles. The van der Waals surface area contributed by atoms with Gasteiger partial charge < -0.3 is 29.3 Å². The summed E-state index contributed by atoms with van der Waals surface area (Å²) in [4.78, 5) is 0. The molecule has 4 N–H and O–H groups in total. The molecule has 0 radical (unpaired) electrons. The minimum Gasteiger partial charge on any atom is -0.456 e. The highest BCUT2D eigenvalue weighted by atomic mass is 16.3. The van der Waals surface area contributed by atoms with E-state index in [1.807, 2.05) is 48.5 Å². The molecule has 0 bridgehead atoms. The van der Waals surface area contributed by atoms with E-state index >= 15 is 0 Å². The van der Waals surface area contributed by atoms with E-state index in [4.69, 9.17) is 24.7 Å². The highest BCUT2D eigenvalue weighted by Gasteiger charge is 2.24. The van der Waals surface area contributed by atoms with Crippen molar-refractivity contribution in [3.05, 3.63) is 188 Å². The van der Waals surface area contributed by atoms with Gasteiger partial charge in [-0.05, 0) is 54.6 Å². The van der Waals surface area contributed by atoms with E-state index in [1.165, 1.54) is 0 Å². The molecule has 0 saturated carbocycles. The summed E-state index contributed by atoms with van der Waals surface area (Å²) in [6.07, 6.45) is 2.03. The van der Waals surface area contributed by atoms with Gasteiger partial charge in [0.15, 0.2) is 0 Å². The first-order valence-corrected chi connectivity index (χ1v) is 22.1. The molecule has 0 aliphatic heterocycles. The minimum atomic E-state index is 0.478. The fraction of sp³-hybridized carbons (Fsp3) is 0. The second kappa shape index (κ2) is 12.7. The number of aromatic nitrogens is 3. The summed E-state index contributed by atoms with van der Waals surface area (Å²) in [7, 11) is 0. The summed E-state index contributed by atoms with van der Waals surface area (Å²) in [5.41, 5.74) is 26.7. The largest absolute Gasteiger partial charge is 0.456 e. The highest BCUT2D eigenvalue weighted by molar-refractivity contribution is 6.22. The number of rotatable bonds is 4. The number of para-hydroxylation sites is 6. The van der Waals surface area contributed by atoms with E-state index in [-0.39, 0.29) is 0 Å². The number of nitrogens with zero attached hydrogens (tertiary/aromatic N) is 3. The van der Waals surface area contributed by atoms with Gasteiger partial charge in [0.2, 0.25) is 0 Å². The predicted octanol–water partition coefficient (Wildman–Crippen LogP) is 14.9. The molecule has 0 aliphatic carbocycles. The fourth-order valence-corrected chi connectivity index (χ4v) is 10.9. The normalized spacial score (nSPS) is 13.3. The van der Waals surface area contributed by atoms with Crippen LogP contribution in [0.5, 0.6) is 0 Å². The Bertz CT molecular complexity index is 4680. The van der Waals surface area contributed by atoms with E-state index in [1.54, 1.807) is 0 Å². The Morgan fingerprint density at radius 2 is 0.636 bits per heavy atom. The number of nitrogens with two attached hydrogens (primary N) is 2. The zero-order valence-electron chi connectivity index (χ0n) is 35.1. The molecule has 0 aliphatic rings. The Balaban J connectivity index is 1.09. The maximum atomic E-state index is 7.87. The van der Waals surface area contributed by atoms with E-state index in [2.05, 4.69) is 153 Å². The van der Waals surface area contributed by atoms with Crippen LogP contribution in [-0.2, 0) is 0 Å². The molecular formula is C58H35N5O3. The summed E-state index contributed by atoms with van der Waals surface area (Å²) in [6, 6.07) is 63.0. The van der Waals surface area contributed by atoms with Crippen molar-refractivity contribution >= 4 is 149 Å². The minimum absolute atomic E-state index is 0.478. The second-order valence-corrected chi connectivity index (χ2v) is 17.3. The van der Waals surface area contributed by atoms with Gasteiger partial charge in [0.25, 0.3) is 0 Å². The average molecular weight is 850 g/mol. The molecule has 0 amide bonds. The predicted molar refractivity (Wildman–Crippen MR) is 272 cm³/mol. The van der Waals surface area contributed by atoms with Gasteiger partial charge in [0, 0.05) is 88.9 Å². The van der Waals surface area contributed by atoms with Crippen molar-refractivity contribution in [2.75, 3.05) is 0 Å². The SMILES string of the molecule is N/C(=C(\C=C(/N)n1c2ccccc2c2cc3c(cc21)oc1ccccc13)n1c2ccccc2c2cc3c(cc21)oc1ccccc13)n1c2ccccc2c2cc3c(cc21)oc1ccccc13. The van der Waals surface area contributed by atoms with Crippen LogP contribution in [0, 0.1) is 0 Å². The topological polar surface area (TPSA) is 106 Å². The summed E-state index contributed by atoms with van der Waals surface area (Å²) in [5.74, 6) is 0.957. The van der Waals surface area contributed by atoms with Gasteiger partial charge in [-0.1, -0.05) is 109 Å². The third-order valence-electron chi connectivity index (χ3n) is 13.8. The van der Waals surface area contributed by atoms with Crippen LogP contribution in [0.2, 0.25) is 0 Å². The number of hydrogen-bond donors (Lipinski definition) is 2. The molecular weight excluding hydrogens is 815 g/mol. The molecule has 6 heterocycles. The first-order chi connectivity index (χ1) is 32.6. The number of furan rings is 3. The van der Waals surface area contributed by atoms with Crippen LogP contribution in [0.4, 0.5) is 0 Å². The Labute approximate surface area is 373 Å². The number of hydrogen-bond acceptors (Lipinski definition) is 5. The standard InChI is InChI=1S/C58H35N5O3/c59-57(62-45-20-8-2-14-33(45)39-26-42-36-17-5-11-23-52(36)65-55(42)29-48(39)62)31-50(61-44-19-7-1-13-32(44)38-25-41-35-16-4-10-22-51(35)64-54(41)28-47(38)61)58(60)63-46-21-9-3-15-34(46)40-27-43-37-18-6-12-24-53(37)66-56(43)30-49(40)63/h1-31H,59-60H2/b57-31+,58-50-. The van der Waals surface area contributed by atoms with Gasteiger partial charge in [-0.15, -0.1) is 0 Å². The van der Waals surface area contributed by atoms with Crippen molar-refractivity contribution in [2.24, 2.45) is 11.5 Å². The van der Waals surface area contributed by atoms with Gasteiger partial charge >= 0.3 is 0 Å². The smallest absolute Gasteiger partial charge is 0.137 e. The van der Waals surface area contributed by atoms with Crippen LogP contribution in [0.15, 0.2) is 201 Å². The number of allylic oxidation sites excluding steroid dienone is 2. The van der Waals surface area contributed by atoms with Crippen LogP contribution < -0.4 is 11.5 Å². The zero-order valence-corrected chi connectivity index (χ0v) is 35.1. The molecule has 15 aromatic rings. The van der Waals surface area contributed by atoms with E-state index in [0.717, 1.165) is 131 Å². The van der Waals surface area contributed by atoms with Crippen LogP contribution in [0.1, 0.15) is 0 Å². The van der Waals surface area contributed by atoms with Crippen molar-refractivity contribution in [1.29, 1.82) is 0 Å². The van der Waals surface area contributed by atoms with E-state index in [9.17, 15) is 0 Å². The van der Waals surface area contributed by atoms with Crippen LogP contribution in [-0.4, -0.2) is 13.7 Å². The monoisotopic (exact) mass is 849 g/mol. The Kier molecular flexibility index (Phi) is 6.82. The van der Waals surface area contributed by atoms with E-state index in [0.29, 0.717) is 17.3 Å². The first kappa shape index (κ1) is 35.3. The molecule has 0 unspecified atom stereocenters. The number of fused-ring (bicyclic) bond motifs is 18. The third-order valence-corrected chi connectivity index (χ3v) is 13.8. The summed E-state index contributed by atoms with van der Waals surface area (Å²) < 4.78 is 26.1. The van der Waals surface area contributed by atoms with Crippen molar-refractivity contribution in [3.8, 4) is 0 Å². The lowest BCUT2D eigenvalue weighted by Crippen LogP contribution is -2.14. The van der Waals surface area contributed by atoms with Gasteiger partial charge in [0.1, 0.15) is 45.1 Å². The lowest BCUT2D eigenvalue weighted by Gasteiger charge is -2.18. The maximum Gasteiger partial charge on any atom is 0.137 e. The van der Waals surface area contributed by atoms with Crippen molar-refractivity contribution in [3.63, 3.8) is 0 Å². The molecule has 0 spiro atoms. The quantitative estimate of drug-likeness (QED) is 0.172. The summed E-state index contributed by atoms with van der Waals surface area (Å²) in [6.45, 7) is 0. The molecule has 0 fully saturated rings. The highest BCUT2D eigenvalue weighted by Crippen LogP contribution is 2.43. The molecule has 15 rings (SSSR count). The van der Waals surface area contributed by atoms with Crippen LogP contribution in [0.25, 0.3) is 149 Å². The lowest BCUT2D eigenvalue weighted by molar-refractivity contribution is 0.669. The van der Waals surface area contributed by atoms with Crippen molar-refractivity contribution < 1.29 is 13.3 Å². The van der Waals surface area contributed by atoms with Gasteiger partial charge in [0.05, 0.1) is 38.8 Å². The van der Waals surface area contributed by atoms with Crippen molar-refractivity contribution in [1.82, 2.24) is 13.7 Å². The van der Waals surface area contributed by atoms with Gasteiger partial charge in [-0.25, -0.2) is 0 Å². The third kappa shape index (κ3) is 4.66. The Morgan fingerprint density at radius 1 is 0.303 bits per heavy atom. The fourth-order valence-electron chi connectivity index (χ4n) is 10.9. The molecule has 0 saturated heterocycles. The molecule has 6 aromatic heterocycles.